The fourth-order valence-corrected chi connectivity index (χ4v) is 4.10. The number of hydrogen-bond donors (Lipinski definition) is 1. The minimum atomic E-state index is -1.17. The minimum absolute atomic E-state index is 0.121. The maximum Gasteiger partial charge on any atom is 0.351 e. The lowest BCUT2D eigenvalue weighted by Gasteiger charge is -2.22. The van der Waals surface area contributed by atoms with Gasteiger partial charge in [-0.2, -0.15) is 4.98 Å². The Balaban J connectivity index is 2.02. The zero-order chi connectivity index (χ0) is 27.1. The fraction of sp³-hybridized carbons (Fsp3) is 0.333. The molecule has 1 N–H and O–H groups in total. The van der Waals surface area contributed by atoms with Crippen molar-refractivity contribution in [3.63, 3.8) is 0 Å². The Morgan fingerprint density at radius 1 is 1.16 bits per heavy atom. The van der Waals surface area contributed by atoms with Crippen LogP contribution in [0.2, 0.25) is 0 Å². The number of methoxy groups -OCH3 is 1. The average Bonchev–Trinajstić information content (AvgIpc) is 3.16. The molecule has 0 aliphatic carbocycles. The van der Waals surface area contributed by atoms with E-state index in [2.05, 4.69) is 31.0 Å². The fourth-order valence-electron chi connectivity index (χ4n) is 3.45. The monoisotopic (exact) mass is 577 g/mol. The SMILES string of the molecule is COC(=O)C=Cc1cn([C@@H]2O[C@H](COC(C)=O)[C@H](Br)[C@H]2OC(C)=O)c(=O)nc1NC(=O)c1ccccc1. The molecule has 2 aromatic rings. The molecular weight excluding hydrogens is 554 g/mol. The number of esters is 3. The van der Waals surface area contributed by atoms with Gasteiger partial charge >= 0.3 is 23.6 Å². The van der Waals surface area contributed by atoms with Crippen LogP contribution in [-0.4, -0.2) is 64.1 Å². The van der Waals surface area contributed by atoms with E-state index in [0.717, 1.165) is 10.6 Å². The third-order valence-electron chi connectivity index (χ3n) is 5.14. The standard InChI is InChI=1S/C24H24BrN3O9/c1-13(29)35-12-17-19(25)20(36-14(2)30)23(37-17)28-11-16(9-10-18(31)34-3)21(27-24(28)33)26-22(32)15-7-5-4-6-8-15/h4-11,17,19-20,23H,12H2,1-3H3,(H,26,27,32,33)/t17-,19+,20-,23-/m1/s1. The summed E-state index contributed by atoms with van der Waals surface area (Å²) < 4.78 is 22.0. The van der Waals surface area contributed by atoms with Gasteiger partial charge in [0.15, 0.2) is 12.3 Å². The second kappa shape index (κ2) is 12.4. The maximum absolute atomic E-state index is 13.1. The molecule has 12 nitrogen and oxygen atoms in total. The highest BCUT2D eigenvalue weighted by Crippen LogP contribution is 2.36. The molecule has 1 amide bonds. The lowest BCUT2D eigenvalue weighted by atomic mass is 10.2. The molecular formula is C24H24BrN3O9. The number of hydrogen-bond acceptors (Lipinski definition) is 10. The normalized spacial score (nSPS) is 20.9. The first-order chi connectivity index (χ1) is 17.6. The number of rotatable bonds is 8. The molecule has 4 atom stereocenters. The van der Waals surface area contributed by atoms with Crippen LogP contribution in [-0.2, 0) is 33.3 Å². The van der Waals surface area contributed by atoms with Crippen LogP contribution in [0.15, 0.2) is 47.4 Å². The van der Waals surface area contributed by atoms with Gasteiger partial charge in [0.1, 0.15) is 18.5 Å². The molecule has 0 unspecified atom stereocenters. The first-order valence-corrected chi connectivity index (χ1v) is 11.9. The molecule has 2 heterocycles. The van der Waals surface area contributed by atoms with E-state index in [-0.39, 0.29) is 18.0 Å². The molecule has 3 rings (SSSR count). The largest absolute Gasteiger partial charge is 0.466 e. The van der Waals surface area contributed by atoms with E-state index in [1.54, 1.807) is 30.3 Å². The van der Waals surface area contributed by atoms with Gasteiger partial charge in [-0.25, -0.2) is 9.59 Å². The third-order valence-corrected chi connectivity index (χ3v) is 6.25. The lowest BCUT2D eigenvalue weighted by Crippen LogP contribution is -2.37. The van der Waals surface area contributed by atoms with Crippen molar-refractivity contribution in [2.45, 2.75) is 37.1 Å². The number of carbonyl (C=O) groups excluding carboxylic acids is 4. The van der Waals surface area contributed by atoms with Crippen LogP contribution in [0, 0.1) is 0 Å². The van der Waals surface area contributed by atoms with E-state index in [9.17, 15) is 24.0 Å². The molecule has 1 aliphatic rings. The Kier molecular flexibility index (Phi) is 9.31. The maximum atomic E-state index is 13.1. The summed E-state index contributed by atoms with van der Waals surface area (Å²) in [5.74, 6) is -2.51. The zero-order valence-corrected chi connectivity index (χ0v) is 21.7. The topological polar surface area (TPSA) is 152 Å². The van der Waals surface area contributed by atoms with E-state index in [4.69, 9.17) is 14.2 Å². The first kappa shape index (κ1) is 27.7. The van der Waals surface area contributed by atoms with Crippen molar-refractivity contribution in [3.8, 4) is 0 Å². The van der Waals surface area contributed by atoms with Crippen LogP contribution in [0.25, 0.3) is 6.08 Å². The predicted octanol–water partition coefficient (Wildman–Crippen LogP) is 1.84. The summed E-state index contributed by atoms with van der Waals surface area (Å²) in [5, 5.41) is 2.56. The molecule has 0 saturated carbocycles. The summed E-state index contributed by atoms with van der Waals surface area (Å²) in [4.78, 5) is 63.9. The highest BCUT2D eigenvalue weighted by molar-refractivity contribution is 9.09. The highest BCUT2D eigenvalue weighted by atomic mass is 79.9. The average molecular weight is 578 g/mol. The number of aromatic nitrogens is 2. The van der Waals surface area contributed by atoms with Crippen LogP contribution < -0.4 is 11.0 Å². The summed E-state index contributed by atoms with van der Waals surface area (Å²) in [6, 6.07) is 8.25. The molecule has 13 heteroatoms. The first-order valence-electron chi connectivity index (χ1n) is 11.0. The van der Waals surface area contributed by atoms with E-state index >= 15 is 0 Å². The Bertz CT molecular complexity index is 1260. The number of carbonyl (C=O) groups is 4. The minimum Gasteiger partial charge on any atom is -0.466 e. The number of ether oxygens (including phenoxy) is 4. The van der Waals surface area contributed by atoms with Gasteiger partial charge in [-0.3, -0.25) is 19.0 Å². The van der Waals surface area contributed by atoms with Crippen LogP contribution in [0.3, 0.4) is 0 Å². The Morgan fingerprint density at radius 3 is 2.49 bits per heavy atom. The van der Waals surface area contributed by atoms with Crippen LogP contribution in [0.1, 0.15) is 36.0 Å². The Morgan fingerprint density at radius 2 is 1.86 bits per heavy atom. The van der Waals surface area contributed by atoms with Crippen molar-refractivity contribution in [1.29, 1.82) is 0 Å². The Hall–Kier alpha value is -3.84. The van der Waals surface area contributed by atoms with Crippen LogP contribution in [0.4, 0.5) is 5.82 Å². The second-order valence-electron chi connectivity index (χ2n) is 7.80. The molecule has 196 valence electrons. The van der Waals surface area contributed by atoms with Crippen LogP contribution in [0.5, 0.6) is 0 Å². The van der Waals surface area contributed by atoms with Gasteiger partial charge in [0, 0.05) is 37.2 Å². The van der Waals surface area contributed by atoms with Crippen molar-refractivity contribution in [2.75, 3.05) is 19.0 Å². The van der Waals surface area contributed by atoms with Crippen molar-refractivity contribution in [1.82, 2.24) is 9.55 Å². The molecule has 0 spiro atoms. The molecule has 1 aromatic carbocycles. The van der Waals surface area contributed by atoms with E-state index in [1.165, 1.54) is 33.2 Å². The third kappa shape index (κ3) is 7.11. The van der Waals surface area contributed by atoms with E-state index < -0.39 is 52.8 Å². The summed E-state index contributed by atoms with van der Waals surface area (Å²) in [6.45, 7) is 2.27. The Labute approximate surface area is 219 Å². The predicted molar refractivity (Wildman–Crippen MR) is 133 cm³/mol. The van der Waals surface area contributed by atoms with Crippen LogP contribution >= 0.6 is 15.9 Å². The quantitative estimate of drug-likeness (QED) is 0.213. The van der Waals surface area contributed by atoms with Gasteiger partial charge in [0.25, 0.3) is 5.91 Å². The van der Waals surface area contributed by atoms with Gasteiger partial charge in [-0.15, -0.1) is 0 Å². The molecule has 0 bridgehead atoms. The molecule has 1 aromatic heterocycles. The molecule has 1 aliphatic heterocycles. The van der Waals surface area contributed by atoms with E-state index in [1.807, 2.05) is 0 Å². The molecule has 37 heavy (non-hydrogen) atoms. The lowest BCUT2D eigenvalue weighted by molar-refractivity contribution is -0.153. The smallest absolute Gasteiger partial charge is 0.351 e. The van der Waals surface area contributed by atoms with Gasteiger partial charge in [0.2, 0.25) is 0 Å². The number of nitrogens with one attached hydrogen (secondary N) is 1. The number of anilines is 1. The molecule has 1 fully saturated rings. The number of amides is 1. The van der Waals surface area contributed by atoms with Crippen molar-refractivity contribution >= 4 is 51.6 Å². The van der Waals surface area contributed by atoms with Gasteiger partial charge in [-0.1, -0.05) is 34.1 Å². The van der Waals surface area contributed by atoms with Crippen molar-refractivity contribution in [2.24, 2.45) is 0 Å². The summed E-state index contributed by atoms with van der Waals surface area (Å²) in [7, 11) is 1.19. The van der Waals surface area contributed by atoms with Crippen molar-refractivity contribution in [3.05, 3.63) is 64.2 Å². The van der Waals surface area contributed by atoms with Gasteiger partial charge in [0.05, 0.1) is 11.9 Å². The number of benzene rings is 1. The number of nitrogens with zero attached hydrogens (tertiary/aromatic N) is 2. The zero-order valence-electron chi connectivity index (χ0n) is 20.1. The molecule has 1 saturated heterocycles. The summed E-state index contributed by atoms with van der Waals surface area (Å²) >= 11 is 3.40. The number of alkyl halides is 1. The highest BCUT2D eigenvalue weighted by Gasteiger charge is 2.47. The molecule has 0 radical (unpaired) electrons. The van der Waals surface area contributed by atoms with Crippen molar-refractivity contribution < 1.29 is 38.1 Å². The van der Waals surface area contributed by atoms with Gasteiger partial charge < -0.3 is 24.3 Å². The summed E-state index contributed by atoms with van der Waals surface area (Å²) in [5.41, 5.74) is -0.358. The second-order valence-corrected chi connectivity index (χ2v) is 8.85. The van der Waals surface area contributed by atoms with E-state index in [0.29, 0.717) is 5.56 Å². The number of halogens is 1. The summed E-state index contributed by atoms with van der Waals surface area (Å²) in [6.07, 6.45) is 0.742. The van der Waals surface area contributed by atoms with Gasteiger partial charge in [-0.05, 0) is 18.2 Å².